The normalized spacial score (nSPS) is 23.6. The van der Waals surface area contributed by atoms with Crippen molar-refractivity contribution in [1.29, 1.82) is 0 Å². The average molecular weight is 444 g/mol. The Labute approximate surface area is 191 Å². The van der Waals surface area contributed by atoms with Crippen LogP contribution in [0.25, 0.3) is 0 Å². The maximum absolute atomic E-state index is 13.1. The van der Waals surface area contributed by atoms with Gasteiger partial charge >= 0.3 is 5.97 Å². The fourth-order valence-electron chi connectivity index (χ4n) is 3.86. The highest BCUT2D eigenvalue weighted by atomic mass is 16.5. The van der Waals surface area contributed by atoms with Crippen LogP contribution in [0.5, 0.6) is 5.75 Å². The molecule has 0 radical (unpaired) electrons. The summed E-state index contributed by atoms with van der Waals surface area (Å²) in [7, 11) is 1.34. The van der Waals surface area contributed by atoms with E-state index in [9.17, 15) is 14.4 Å². The first-order valence-electron chi connectivity index (χ1n) is 11.6. The van der Waals surface area contributed by atoms with Gasteiger partial charge in [-0.2, -0.15) is 0 Å². The van der Waals surface area contributed by atoms with Crippen molar-refractivity contribution in [2.75, 3.05) is 13.7 Å². The molecular formula is C26H37NO5. The second-order valence-electron chi connectivity index (χ2n) is 9.02. The van der Waals surface area contributed by atoms with E-state index in [0.717, 1.165) is 17.7 Å². The predicted octanol–water partition coefficient (Wildman–Crippen LogP) is 4.26. The molecule has 0 aliphatic carbocycles. The Kier molecular flexibility index (Phi) is 10.4. The maximum Gasteiger partial charge on any atom is 0.309 e. The van der Waals surface area contributed by atoms with Crippen LogP contribution >= 0.6 is 0 Å². The number of ketones is 1. The SMILES string of the molecule is COC(=O)[C@@H]1CCC=CCCOc2ccc(cc2)C[C@H](C)C(=O)N[C@@H](CC(C)C)C(=O)C1. The number of amides is 1. The van der Waals surface area contributed by atoms with Gasteiger partial charge in [-0.1, -0.05) is 45.1 Å². The summed E-state index contributed by atoms with van der Waals surface area (Å²) in [5.41, 5.74) is 1.04. The average Bonchev–Trinajstić information content (AvgIpc) is 2.76. The lowest BCUT2D eigenvalue weighted by molar-refractivity contribution is -0.147. The Morgan fingerprint density at radius 2 is 1.81 bits per heavy atom. The number of methoxy groups -OCH3 is 1. The first kappa shape index (κ1) is 25.6. The van der Waals surface area contributed by atoms with Crippen LogP contribution in [-0.4, -0.2) is 37.4 Å². The Morgan fingerprint density at radius 3 is 2.47 bits per heavy atom. The van der Waals surface area contributed by atoms with E-state index in [1.807, 2.05) is 57.2 Å². The number of carbonyl (C=O) groups excluding carboxylic acids is 3. The highest BCUT2D eigenvalue weighted by molar-refractivity contribution is 5.92. The topological polar surface area (TPSA) is 81.7 Å². The molecule has 1 aromatic rings. The van der Waals surface area contributed by atoms with Gasteiger partial charge in [0.2, 0.25) is 5.91 Å². The molecule has 0 aromatic heterocycles. The minimum absolute atomic E-state index is 0.0663. The van der Waals surface area contributed by atoms with Gasteiger partial charge in [0.1, 0.15) is 5.75 Å². The number of benzene rings is 1. The molecule has 1 aromatic carbocycles. The van der Waals surface area contributed by atoms with Crippen LogP contribution in [0.3, 0.4) is 0 Å². The minimum Gasteiger partial charge on any atom is -0.493 e. The zero-order valence-corrected chi connectivity index (χ0v) is 19.8. The standard InChI is InChI=1S/C26H37NO5/c1-18(2)15-23-24(28)17-21(26(30)31-4)9-7-5-6-8-14-32-22-12-10-20(11-13-22)16-19(3)25(29)27-23/h5-6,10-13,18-19,21,23H,7-9,14-17H2,1-4H3,(H,27,29)/t19-,21+,23-/m0/s1. The molecule has 0 fully saturated rings. The van der Waals surface area contributed by atoms with E-state index in [0.29, 0.717) is 32.3 Å². The Bertz CT molecular complexity index is 784. The lowest BCUT2D eigenvalue weighted by Gasteiger charge is -2.23. The first-order chi connectivity index (χ1) is 15.3. The number of Topliss-reactive ketones (excluding diaryl/α,β-unsaturated/α-hetero) is 1. The number of rotatable bonds is 3. The zero-order chi connectivity index (χ0) is 23.5. The Hall–Kier alpha value is -2.63. The van der Waals surface area contributed by atoms with E-state index in [4.69, 9.17) is 9.47 Å². The first-order valence-corrected chi connectivity index (χ1v) is 11.6. The number of hydrogen-bond acceptors (Lipinski definition) is 5. The van der Waals surface area contributed by atoms with Crippen molar-refractivity contribution in [3.63, 3.8) is 0 Å². The van der Waals surface area contributed by atoms with Gasteiger partial charge in [-0.05, 0) is 55.7 Å². The molecule has 1 N–H and O–H groups in total. The second kappa shape index (κ2) is 13.0. The van der Waals surface area contributed by atoms with Crippen LogP contribution in [0.2, 0.25) is 0 Å². The molecule has 2 aliphatic heterocycles. The molecule has 2 bridgehead atoms. The van der Waals surface area contributed by atoms with Crippen molar-refractivity contribution in [2.24, 2.45) is 17.8 Å². The summed E-state index contributed by atoms with van der Waals surface area (Å²) in [4.78, 5) is 38.3. The highest BCUT2D eigenvalue weighted by Gasteiger charge is 2.29. The van der Waals surface area contributed by atoms with E-state index >= 15 is 0 Å². The Balaban J connectivity index is 2.23. The summed E-state index contributed by atoms with van der Waals surface area (Å²) >= 11 is 0. The van der Waals surface area contributed by atoms with Crippen molar-refractivity contribution in [3.05, 3.63) is 42.0 Å². The van der Waals surface area contributed by atoms with Gasteiger partial charge < -0.3 is 14.8 Å². The fourth-order valence-corrected chi connectivity index (χ4v) is 3.86. The molecule has 3 atom stereocenters. The van der Waals surface area contributed by atoms with Gasteiger partial charge in [-0.3, -0.25) is 14.4 Å². The molecule has 32 heavy (non-hydrogen) atoms. The van der Waals surface area contributed by atoms with E-state index in [1.54, 1.807) is 0 Å². The van der Waals surface area contributed by atoms with Crippen molar-refractivity contribution >= 4 is 17.7 Å². The molecule has 6 nitrogen and oxygen atoms in total. The number of esters is 1. The second-order valence-corrected chi connectivity index (χ2v) is 9.02. The van der Waals surface area contributed by atoms with Crippen LogP contribution in [-0.2, 0) is 25.5 Å². The number of carbonyl (C=O) groups is 3. The van der Waals surface area contributed by atoms with Gasteiger partial charge in [0.25, 0.3) is 0 Å². The van der Waals surface area contributed by atoms with E-state index in [1.165, 1.54) is 7.11 Å². The molecule has 3 rings (SSSR count). The van der Waals surface area contributed by atoms with Gasteiger partial charge in [0.15, 0.2) is 5.78 Å². The van der Waals surface area contributed by atoms with Crippen molar-refractivity contribution in [3.8, 4) is 5.75 Å². The van der Waals surface area contributed by atoms with Crippen molar-refractivity contribution in [2.45, 2.75) is 65.3 Å². The number of nitrogens with one attached hydrogen (secondary N) is 1. The Morgan fingerprint density at radius 1 is 1.12 bits per heavy atom. The fraction of sp³-hybridized carbons (Fsp3) is 0.577. The monoisotopic (exact) mass is 443 g/mol. The molecule has 0 saturated heterocycles. The van der Waals surface area contributed by atoms with Crippen LogP contribution in [0, 0.1) is 17.8 Å². The third kappa shape index (κ3) is 8.48. The zero-order valence-electron chi connectivity index (χ0n) is 19.8. The number of fused-ring (bicyclic) bond motifs is 15. The van der Waals surface area contributed by atoms with Crippen LogP contribution < -0.4 is 10.1 Å². The molecule has 176 valence electrons. The molecule has 0 spiro atoms. The maximum atomic E-state index is 13.1. The van der Waals surface area contributed by atoms with Gasteiger partial charge in [-0.15, -0.1) is 0 Å². The van der Waals surface area contributed by atoms with E-state index in [-0.39, 0.29) is 35.9 Å². The van der Waals surface area contributed by atoms with E-state index < -0.39 is 12.0 Å². The lowest BCUT2D eigenvalue weighted by Crippen LogP contribution is -2.45. The van der Waals surface area contributed by atoms with Crippen LogP contribution in [0.4, 0.5) is 0 Å². The molecule has 0 saturated carbocycles. The highest BCUT2D eigenvalue weighted by Crippen LogP contribution is 2.20. The molecule has 1 amide bonds. The third-order valence-electron chi connectivity index (χ3n) is 5.71. The summed E-state index contributed by atoms with van der Waals surface area (Å²) in [5.74, 6) is -0.430. The van der Waals surface area contributed by atoms with Crippen molar-refractivity contribution in [1.82, 2.24) is 5.32 Å². The molecule has 0 unspecified atom stereocenters. The number of ether oxygens (including phenoxy) is 2. The quantitative estimate of drug-likeness (QED) is 0.557. The van der Waals surface area contributed by atoms with Crippen molar-refractivity contribution < 1.29 is 23.9 Å². The molecular weight excluding hydrogens is 406 g/mol. The van der Waals surface area contributed by atoms with E-state index in [2.05, 4.69) is 5.32 Å². The number of allylic oxidation sites excluding steroid dienone is 1. The summed E-state index contributed by atoms with van der Waals surface area (Å²) in [6.07, 6.45) is 7.17. The van der Waals surface area contributed by atoms with Crippen LogP contribution in [0.15, 0.2) is 36.4 Å². The van der Waals surface area contributed by atoms with Gasteiger partial charge in [0.05, 0.1) is 25.7 Å². The van der Waals surface area contributed by atoms with Gasteiger partial charge in [0, 0.05) is 12.3 Å². The third-order valence-corrected chi connectivity index (χ3v) is 5.71. The smallest absolute Gasteiger partial charge is 0.309 e. The molecule has 6 heteroatoms. The van der Waals surface area contributed by atoms with Gasteiger partial charge in [-0.25, -0.2) is 0 Å². The number of hydrogen-bond donors (Lipinski definition) is 1. The summed E-state index contributed by atoms with van der Waals surface area (Å²) in [5, 5.41) is 2.95. The largest absolute Gasteiger partial charge is 0.493 e. The minimum atomic E-state index is -0.606. The summed E-state index contributed by atoms with van der Waals surface area (Å²) in [6.45, 7) is 6.46. The predicted molar refractivity (Wildman–Crippen MR) is 124 cm³/mol. The lowest BCUT2D eigenvalue weighted by atomic mass is 9.90. The summed E-state index contributed by atoms with van der Waals surface area (Å²) < 4.78 is 10.7. The van der Waals surface area contributed by atoms with Crippen LogP contribution in [0.1, 0.15) is 58.4 Å². The summed E-state index contributed by atoms with van der Waals surface area (Å²) in [6, 6.07) is 7.18. The molecule has 2 aliphatic rings. The molecule has 2 heterocycles.